The molecule has 2 heteroatoms. The molecule has 3 N–H and O–H groups in total. The molecule has 22 heavy (non-hydrogen) atoms. The van der Waals surface area contributed by atoms with E-state index in [0.29, 0.717) is 24.4 Å². The van der Waals surface area contributed by atoms with Gasteiger partial charge in [0.1, 0.15) is 0 Å². The van der Waals surface area contributed by atoms with Crippen molar-refractivity contribution in [2.75, 3.05) is 6.61 Å². The first kappa shape index (κ1) is 26.6. The van der Waals surface area contributed by atoms with Gasteiger partial charge in [0, 0.05) is 6.61 Å². The molecule has 0 aromatic rings. The van der Waals surface area contributed by atoms with Crippen LogP contribution < -0.4 is 0 Å². The number of allylic oxidation sites excluding steroid dienone is 1. The third-order valence-corrected chi connectivity index (χ3v) is 4.15. The van der Waals surface area contributed by atoms with Crippen molar-refractivity contribution in [3.05, 3.63) is 12.2 Å². The van der Waals surface area contributed by atoms with E-state index in [4.69, 9.17) is 5.11 Å². The Bertz CT molecular complexity index is 242. The largest absolute Gasteiger partial charge is 0.412 e. The van der Waals surface area contributed by atoms with Crippen molar-refractivity contribution < 1.29 is 10.6 Å². The Labute approximate surface area is 140 Å². The Kier molecular flexibility index (Phi) is 18.8. The second kappa shape index (κ2) is 15.6. The lowest BCUT2D eigenvalue weighted by molar-refractivity contribution is 0.175. The summed E-state index contributed by atoms with van der Waals surface area (Å²) in [4.78, 5) is 0. The van der Waals surface area contributed by atoms with Gasteiger partial charge in [0.15, 0.2) is 0 Å². The highest BCUT2D eigenvalue weighted by atomic mass is 16.3. The molecule has 0 aliphatic rings. The summed E-state index contributed by atoms with van der Waals surface area (Å²) in [7, 11) is 0. The van der Waals surface area contributed by atoms with Gasteiger partial charge in [0.2, 0.25) is 0 Å². The van der Waals surface area contributed by atoms with Gasteiger partial charge in [-0.1, -0.05) is 74.0 Å². The van der Waals surface area contributed by atoms with E-state index >= 15 is 0 Å². The van der Waals surface area contributed by atoms with Crippen molar-refractivity contribution in [1.29, 1.82) is 0 Å². The minimum Gasteiger partial charge on any atom is -0.412 e. The van der Waals surface area contributed by atoms with Crippen LogP contribution in [-0.2, 0) is 0 Å². The average molecular weight is 317 g/mol. The van der Waals surface area contributed by atoms with Crippen LogP contribution in [0.2, 0.25) is 0 Å². The molecule has 0 fully saturated rings. The lowest BCUT2D eigenvalue weighted by Gasteiger charge is -2.18. The van der Waals surface area contributed by atoms with E-state index in [1.807, 2.05) is 0 Å². The molecule has 0 heterocycles. The summed E-state index contributed by atoms with van der Waals surface area (Å²) in [6, 6.07) is 0. The van der Waals surface area contributed by atoms with Crippen LogP contribution in [0.15, 0.2) is 12.2 Å². The molecule has 0 radical (unpaired) electrons. The molecular weight excluding hydrogens is 272 g/mol. The first-order valence-corrected chi connectivity index (χ1v) is 8.90. The fraction of sp³-hybridized carbons (Fsp3) is 0.900. The summed E-state index contributed by atoms with van der Waals surface area (Å²) in [5.41, 5.74) is 1.40. The Hall–Kier alpha value is -0.340. The van der Waals surface area contributed by atoms with Gasteiger partial charge >= 0.3 is 0 Å². The SMILES string of the molecule is C=C(CCC(C)C)C(C)C.CC(C)CCC(CO)C(C)C.O. The lowest BCUT2D eigenvalue weighted by Crippen LogP contribution is -2.13. The Morgan fingerprint density at radius 1 is 0.818 bits per heavy atom. The summed E-state index contributed by atoms with van der Waals surface area (Å²) >= 11 is 0. The maximum Gasteiger partial charge on any atom is 0.0461 e. The van der Waals surface area contributed by atoms with Crippen LogP contribution in [0.1, 0.15) is 81.1 Å². The Morgan fingerprint density at radius 2 is 1.27 bits per heavy atom. The normalized spacial score (nSPS) is 12.2. The number of aliphatic hydroxyl groups is 1. The quantitative estimate of drug-likeness (QED) is 0.561. The molecule has 0 saturated carbocycles. The third kappa shape index (κ3) is 17.7. The maximum atomic E-state index is 9.01. The van der Waals surface area contributed by atoms with Gasteiger partial charge in [-0.05, 0) is 48.9 Å². The molecule has 0 amide bonds. The van der Waals surface area contributed by atoms with Crippen LogP contribution >= 0.6 is 0 Å². The minimum atomic E-state index is 0. The molecule has 0 aromatic carbocycles. The van der Waals surface area contributed by atoms with Crippen LogP contribution in [0.4, 0.5) is 0 Å². The second-order valence-corrected chi connectivity index (χ2v) is 7.90. The highest BCUT2D eigenvalue weighted by molar-refractivity contribution is 4.96. The number of hydrogen-bond acceptors (Lipinski definition) is 1. The predicted molar refractivity (Wildman–Crippen MR) is 101 cm³/mol. The first-order chi connectivity index (χ1) is 9.61. The molecule has 0 saturated heterocycles. The molecule has 0 aromatic heterocycles. The molecule has 0 rings (SSSR count). The van der Waals surface area contributed by atoms with Gasteiger partial charge in [-0.3, -0.25) is 0 Å². The molecule has 0 spiro atoms. The highest BCUT2D eigenvalue weighted by Crippen LogP contribution is 2.19. The van der Waals surface area contributed by atoms with E-state index in [9.17, 15) is 0 Å². The Balaban J connectivity index is -0.000000315. The van der Waals surface area contributed by atoms with Crippen molar-refractivity contribution in [2.45, 2.75) is 81.1 Å². The molecule has 136 valence electrons. The first-order valence-electron chi connectivity index (χ1n) is 8.90. The summed E-state index contributed by atoms with van der Waals surface area (Å²) < 4.78 is 0. The van der Waals surface area contributed by atoms with E-state index in [-0.39, 0.29) is 5.48 Å². The van der Waals surface area contributed by atoms with Crippen LogP contribution in [0, 0.1) is 29.6 Å². The van der Waals surface area contributed by atoms with Gasteiger partial charge < -0.3 is 10.6 Å². The standard InChI is InChI=1S/C10H22O.C10H20.H2O/c1-8(2)5-6-10(7-11)9(3)4;1-8(2)6-7-10(5)9(3)4;/h8-11H,5-7H2,1-4H3;8-9H,5-7H2,1-4H3;1H2. The predicted octanol–water partition coefficient (Wildman–Crippen LogP) is 5.50. The van der Waals surface area contributed by atoms with E-state index in [1.54, 1.807) is 0 Å². The van der Waals surface area contributed by atoms with Gasteiger partial charge in [0.05, 0.1) is 0 Å². The Morgan fingerprint density at radius 3 is 1.55 bits per heavy atom. The summed E-state index contributed by atoms with van der Waals surface area (Å²) in [5, 5.41) is 9.01. The molecule has 1 unspecified atom stereocenters. The third-order valence-electron chi connectivity index (χ3n) is 4.15. The van der Waals surface area contributed by atoms with Gasteiger partial charge in [-0.2, -0.15) is 0 Å². The van der Waals surface area contributed by atoms with E-state index < -0.39 is 0 Å². The van der Waals surface area contributed by atoms with E-state index in [0.717, 1.165) is 11.8 Å². The average Bonchev–Trinajstić information content (AvgIpc) is 2.36. The van der Waals surface area contributed by atoms with Gasteiger partial charge in [-0.15, -0.1) is 0 Å². The van der Waals surface area contributed by atoms with Crippen molar-refractivity contribution in [2.24, 2.45) is 29.6 Å². The topological polar surface area (TPSA) is 51.7 Å². The zero-order valence-electron chi connectivity index (χ0n) is 16.6. The van der Waals surface area contributed by atoms with E-state index in [2.05, 4.69) is 62.0 Å². The molecule has 1 atom stereocenters. The monoisotopic (exact) mass is 316 g/mol. The molecule has 0 aliphatic heterocycles. The van der Waals surface area contributed by atoms with Crippen molar-refractivity contribution in [1.82, 2.24) is 0 Å². The van der Waals surface area contributed by atoms with Crippen LogP contribution in [0.25, 0.3) is 0 Å². The molecule has 0 bridgehead atoms. The molecule has 2 nitrogen and oxygen atoms in total. The zero-order chi connectivity index (χ0) is 17.0. The number of aliphatic hydroxyl groups excluding tert-OH is 1. The maximum absolute atomic E-state index is 9.01. The summed E-state index contributed by atoms with van der Waals surface area (Å²) in [5.74, 6) is 3.38. The minimum absolute atomic E-state index is 0. The van der Waals surface area contributed by atoms with Crippen LogP contribution in [0.3, 0.4) is 0 Å². The molecular formula is C20H44O2. The fourth-order valence-corrected chi connectivity index (χ4v) is 1.95. The van der Waals surface area contributed by atoms with Gasteiger partial charge in [0.25, 0.3) is 0 Å². The summed E-state index contributed by atoms with van der Waals surface area (Å²) in [6.45, 7) is 22.1. The van der Waals surface area contributed by atoms with Crippen molar-refractivity contribution in [3.8, 4) is 0 Å². The summed E-state index contributed by atoms with van der Waals surface area (Å²) in [6.07, 6.45) is 4.90. The van der Waals surface area contributed by atoms with Gasteiger partial charge in [-0.25, -0.2) is 0 Å². The van der Waals surface area contributed by atoms with E-state index in [1.165, 1.54) is 31.3 Å². The molecule has 0 aliphatic carbocycles. The van der Waals surface area contributed by atoms with Crippen LogP contribution in [0.5, 0.6) is 0 Å². The fourth-order valence-electron chi connectivity index (χ4n) is 1.95. The highest BCUT2D eigenvalue weighted by Gasteiger charge is 2.11. The van der Waals surface area contributed by atoms with Crippen molar-refractivity contribution in [3.63, 3.8) is 0 Å². The second-order valence-electron chi connectivity index (χ2n) is 7.90. The van der Waals surface area contributed by atoms with Crippen LogP contribution in [-0.4, -0.2) is 17.2 Å². The smallest absolute Gasteiger partial charge is 0.0461 e. The number of hydrogen-bond donors (Lipinski definition) is 1. The van der Waals surface area contributed by atoms with Crippen molar-refractivity contribution >= 4 is 0 Å². The lowest BCUT2D eigenvalue weighted by atomic mass is 9.89. The zero-order valence-corrected chi connectivity index (χ0v) is 16.6. The number of rotatable bonds is 9.